The monoisotopic (exact) mass is 272 g/mol. The van der Waals surface area contributed by atoms with Crippen molar-refractivity contribution in [3.63, 3.8) is 0 Å². The summed E-state index contributed by atoms with van der Waals surface area (Å²) in [6.07, 6.45) is 6.72. The highest BCUT2D eigenvalue weighted by Gasteiger charge is 2.20. The third kappa shape index (κ3) is 2.70. The Bertz CT molecular complexity index is 575. The molecule has 108 valence electrons. The Hall–Kier alpha value is -1.42. The van der Waals surface area contributed by atoms with Crippen LogP contribution in [0.25, 0.3) is 11.2 Å². The highest BCUT2D eigenvalue weighted by atomic mass is 15.1. The summed E-state index contributed by atoms with van der Waals surface area (Å²) in [7, 11) is 2.22. The number of aromatic nitrogens is 3. The van der Waals surface area contributed by atoms with E-state index in [0.717, 1.165) is 36.5 Å². The van der Waals surface area contributed by atoms with E-state index in [4.69, 9.17) is 4.98 Å². The maximum atomic E-state index is 4.83. The fraction of sp³-hybridized carbons (Fsp3) is 0.625. The first-order valence-electron chi connectivity index (χ1n) is 7.76. The van der Waals surface area contributed by atoms with E-state index in [9.17, 15) is 0 Å². The van der Waals surface area contributed by atoms with E-state index in [-0.39, 0.29) is 0 Å². The van der Waals surface area contributed by atoms with Gasteiger partial charge in [-0.1, -0.05) is 6.92 Å². The van der Waals surface area contributed by atoms with Gasteiger partial charge in [-0.3, -0.25) is 0 Å². The third-order valence-corrected chi connectivity index (χ3v) is 4.22. The van der Waals surface area contributed by atoms with Gasteiger partial charge in [0.05, 0.1) is 0 Å². The molecule has 0 saturated carbocycles. The van der Waals surface area contributed by atoms with Gasteiger partial charge in [0.15, 0.2) is 5.65 Å². The minimum Gasteiger partial charge on any atom is -0.313 e. The molecule has 0 aromatic carbocycles. The van der Waals surface area contributed by atoms with Crippen LogP contribution in [0.3, 0.4) is 0 Å². The number of imidazole rings is 1. The van der Waals surface area contributed by atoms with Gasteiger partial charge in [-0.05, 0) is 50.9 Å². The Morgan fingerprint density at radius 1 is 1.40 bits per heavy atom. The van der Waals surface area contributed by atoms with Crippen LogP contribution >= 0.6 is 0 Å². The molecule has 0 N–H and O–H groups in total. The second kappa shape index (κ2) is 5.92. The first-order chi connectivity index (χ1) is 9.78. The van der Waals surface area contributed by atoms with Gasteiger partial charge in [-0.25, -0.2) is 9.97 Å². The molecule has 0 spiro atoms. The van der Waals surface area contributed by atoms with Crippen LogP contribution < -0.4 is 0 Å². The summed E-state index contributed by atoms with van der Waals surface area (Å²) < 4.78 is 2.32. The molecule has 1 atom stereocenters. The maximum Gasteiger partial charge on any atom is 0.159 e. The lowest BCUT2D eigenvalue weighted by Crippen LogP contribution is -2.33. The number of pyridine rings is 1. The highest BCUT2D eigenvalue weighted by molar-refractivity contribution is 5.71. The van der Waals surface area contributed by atoms with Gasteiger partial charge in [0.25, 0.3) is 0 Å². The molecule has 3 heterocycles. The molecule has 1 saturated heterocycles. The van der Waals surface area contributed by atoms with E-state index in [1.807, 2.05) is 12.3 Å². The van der Waals surface area contributed by atoms with Gasteiger partial charge in [0, 0.05) is 25.7 Å². The molecular formula is C16H24N4. The number of hydrogen-bond donors (Lipinski definition) is 0. The average molecular weight is 272 g/mol. The van der Waals surface area contributed by atoms with Crippen LogP contribution in [-0.2, 0) is 13.0 Å². The number of piperidine rings is 1. The Morgan fingerprint density at radius 2 is 2.30 bits per heavy atom. The van der Waals surface area contributed by atoms with Gasteiger partial charge in [0.2, 0.25) is 0 Å². The zero-order valence-electron chi connectivity index (χ0n) is 12.5. The molecule has 0 bridgehead atoms. The van der Waals surface area contributed by atoms with Gasteiger partial charge < -0.3 is 9.47 Å². The van der Waals surface area contributed by atoms with Gasteiger partial charge in [0.1, 0.15) is 11.3 Å². The summed E-state index contributed by atoms with van der Waals surface area (Å²) in [5, 5.41) is 0. The van der Waals surface area contributed by atoms with E-state index in [2.05, 4.69) is 34.5 Å². The normalized spacial score (nSPS) is 20.6. The fourth-order valence-electron chi connectivity index (χ4n) is 3.32. The van der Waals surface area contributed by atoms with Crippen molar-refractivity contribution in [2.75, 3.05) is 20.1 Å². The second-order valence-electron chi connectivity index (χ2n) is 6.00. The molecule has 1 aliphatic heterocycles. The lowest BCUT2D eigenvalue weighted by Gasteiger charge is -2.29. The van der Waals surface area contributed by atoms with Crippen LogP contribution in [0.2, 0.25) is 0 Å². The smallest absolute Gasteiger partial charge is 0.159 e. The van der Waals surface area contributed by atoms with Crippen molar-refractivity contribution in [3.8, 4) is 0 Å². The molecule has 1 unspecified atom stereocenters. The van der Waals surface area contributed by atoms with Crippen molar-refractivity contribution >= 4 is 11.2 Å². The predicted octanol–water partition coefficient (Wildman–Crippen LogP) is 2.73. The minimum absolute atomic E-state index is 0.737. The van der Waals surface area contributed by atoms with E-state index >= 15 is 0 Å². The lowest BCUT2D eigenvalue weighted by atomic mass is 9.95. The van der Waals surface area contributed by atoms with Gasteiger partial charge >= 0.3 is 0 Å². The average Bonchev–Trinajstić information content (AvgIpc) is 2.77. The summed E-state index contributed by atoms with van der Waals surface area (Å²) in [4.78, 5) is 11.8. The number of aryl methyl sites for hydroxylation is 1. The Morgan fingerprint density at radius 3 is 3.10 bits per heavy atom. The Labute approximate surface area is 120 Å². The van der Waals surface area contributed by atoms with Crippen LogP contribution in [0.4, 0.5) is 0 Å². The van der Waals surface area contributed by atoms with E-state index in [1.165, 1.54) is 31.8 Å². The Kier molecular flexibility index (Phi) is 4.01. The third-order valence-electron chi connectivity index (χ3n) is 4.22. The van der Waals surface area contributed by atoms with Gasteiger partial charge in [-0.2, -0.15) is 0 Å². The minimum atomic E-state index is 0.737. The maximum absolute atomic E-state index is 4.83. The van der Waals surface area contributed by atoms with Crippen LogP contribution in [0, 0.1) is 5.92 Å². The quantitative estimate of drug-likeness (QED) is 0.858. The number of nitrogens with zero attached hydrogens (tertiary/aromatic N) is 4. The highest BCUT2D eigenvalue weighted by Crippen LogP contribution is 2.22. The number of hydrogen-bond acceptors (Lipinski definition) is 3. The molecular weight excluding hydrogens is 248 g/mol. The number of likely N-dealkylation sites (tertiary alicyclic amines) is 1. The van der Waals surface area contributed by atoms with Crippen LogP contribution in [0.5, 0.6) is 0 Å². The first-order valence-corrected chi connectivity index (χ1v) is 7.76. The first kappa shape index (κ1) is 13.6. The molecule has 0 radical (unpaired) electrons. The van der Waals surface area contributed by atoms with Crippen molar-refractivity contribution in [2.45, 2.75) is 39.2 Å². The van der Waals surface area contributed by atoms with Crippen molar-refractivity contribution in [2.24, 2.45) is 5.92 Å². The molecule has 0 aliphatic carbocycles. The van der Waals surface area contributed by atoms with Crippen molar-refractivity contribution in [1.82, 2.24) is 19.4 Å². The summed E-state index contributed by atoms with van der Waals surface area (Å²) in [6.45, 7) is 5.67. The summed E-state index contributed by atoms with van der Waals surface area (Å²) >= 11 is 0. The molecule has 2 aromatic heterocycles. The van der Waals surface area contributed by atoms with Crippen molar-refractivity contribution in [1.29, 1.82) is 0 Å². The molecule has 1 aliphatic rings. The van der Waals surface area contributed by atoms with E-state index in [0.29, 0.717) is 0 Å². The Balaban J connectivity index is 1.87. The van der Waals surface area contributed by atoms with Gasteiger partial charge in [-0.15, -0.1) is 0 Å². The van der Waals surface area contributed by atoms with Crippen LogP contribution in [-0.4, -0.2) is 39.6 Å². The fourth-order valence-corrected chi connectivity index (χ4v) is 3.32. The molecule has 2 aromatic rings. The standard InChI is InChI=1S/C16H24N4/c1-3-9-20-15(11-13-6-5-10-19(2)12-13)18-14-7-4-8-17-16(14)20/h4,7-8,13H,3,5-6,9-12H2,1-2H3. The summed E-state index contributed by atoms with van der Waals surface area (Å²) in [5.74, 6) is 1.96. The molecule has 3 rings (SSSR count). The molecule has 4 nitrogen and oxygen atoms in total. The lowest BCUT2D eigenvalue weighted by molar-refractivity contribution is 0.206. The SMILES string of the molecule is CCCn1c(CC2CCCN(C)C2)nc2cccnc21. The van der Waals surface area contributed by atoms with E-state index < -0.39 is 0 Å². The van der Waals surface area contributed by atoms with E-state index in [1.54, 1.807) is 0 Å². The molecule has 0 amide bonds. The largest absolute Gasteiger partial charge is 0.313 e. The topological polar surface area (TPSA) is 34.0 Å². The van der Waals surface area contributed by atoms with Crippen molar-refractivity contribution < 1.29 is 0 Å². The summed E-state index contributed by atoms with van der Waals surface area (Å²) in [5.41, 5.74) is 2.09. The summed E-state index contributed by atoms with van der Waals surface area (Å²) in [6, 6.07) is 4.05. The van der Waals surface area contributed by atoms with Crippen LogP contribution in [0.15, 0.2) is 18.3 Å². The van der Waals surface area contributed by atoms with Crippen LogP contribution in [0.1, 0.15) is 32.0 Å². The molecule has 4 heteroatoms. The second-order valence-corrected chi connectivity index (χ2v) is 6.00. The zero-order chi connectivity index (χ0) is 13.9. The molecule has 20 heavy (non-hydrogen) atoms. The number of fused-ring (bicyclic) bond motifs is 1. The number of rotatable bonds is 4. The van der Waals surface area contributed by atoms with Crippen molar-refractivity contribution in [3.05, 3.63) is 24.2 Å². The predicted molar refractivity (Wildman–Crippen MR) is 81.7 cm³/mol. The molecule has 1 fully saturated rings. The zero-order valence-corrected chi connectivity index (χ0v) is 12.5.